The fourth-order valence-corrected chi connectivity index (χ4v) is 5.61. The van der Waals surface area contributed by atoms with Gasteiger partial charge in [-0.05, 0) is 25.0 Å². The van der Waals surface area contributed by atoms with E-state index in [0.717, 1.165) is 10.9 Å². The van der Waals surface area contributed by atoms with Crippen LogP contribution in [0.1, 0.15) is 12.0 Å². The molecule has 1 aromatic carbocycles. The van der Waals surface area contributed by atoms with Crippen molar-refractivity contribution in [3.63, 3.8) is 0 Å². The zero-order valence-corrected chi connectivity index (χ0v) is 17.8. The number of carbonyl (C=O) groups excluding carboxylic acids is 1. The number of aryl methyl sites for hydroxylation is 1. The predicted molar refractivity (Wildman–Crippen MR) is 112 cm³/mol. The first-order valence-corrected chi connectivity index (χ1v) is 11.4. The SMILES string of the molecule is Cc1cncc2cccc(S(=O)(=O)N3CC[C@@H](NC(=O)CN(CCO)CCO)C3)c12. The van der Waals surface area contributed by atoms with Crippen LogP contribution < -0.4 is 5.32 Å². The number of sulfonamides is 1. The minimum absolute atomic E-state index is 0.0416. The van der Waals surface area contributed by atoms with Crippen molar-refractivity contribution in [2.45, 2.75) is 24.3 Å². The molecule has 2 aromatic rings. The van der Waals surface area contributed by atoms with Gasteiger partial charge in [0.25, 0.3) is 0 Å². The number of carbonyl (C=O) groups is 1. The van der Waals surface area contributed by atoms with Crippen molar-refractivity contribution in [1.29, 1.82) is 0 Å². The number of aromatic nitrogens is 1. The monoisotopic (exact) mass is 436 g/mol. The average molecular weight is 437 g/mol. The Morgan fingerprint density at radius 2 is 2.00 bits per heavy atom. The molecule has 1 aliphatic heterocycles. The minimum atomic E-state index is -3.72. The highest BCUT2D eigenvalue weighted by Gasteiger charge is 2.34. The lowest BCUT2D eigenvalue weighted by atomic mass is 10.1. The molecule has 1 atom stereocenters. The van der Waals surface area contributed by atoms with E-state index in [4.69, 9.17) is 10.2 Å². The first-order chi connectivity index (χ1) is 14.4. The third-order valence-corrected chi connectivity index (χ3v) is 7.18. The molecule has 1 aliphatic rings. The van der Waals surface area contributed by atoms with E-state index < -0.39 is 10.0 Å². The molecule has 0 unspecified atom stereocenters. The first-order valence-electron chi connectivity index (χ1n) is 9.93. The van der Waals surface area contributed by atoms with Crippen LogP contribution in [0.15, 0.2) is 35.5 Å². The van der Waals surface area contributed by atoms with Crippen molar-refractivity contribution in [2.24, 2.45) is 0 Å². The molecule has 0 radical (unpaired) electrons. The maximum absolute atomic E-state index is 13.3. The van der Waals surface area contributed by atoms with Gasteiger partial charge < -0.3 is 15.5 Å². The molecule has 164 valence electrons. The Morgan fingerprint density at radius 1 is 1.27 bits per heavy atom. The lowest BCUT2D eigenvalue weighted by Crippen LogP contribution is -2.45. The number of aliphatic hydroxyl groups is 2. The van der Waals surface area contributed by atoms with Crippen LogP contribution in [-0.2, 0) is 14.8 Å². The Morgan fingerprint density at radius 3 is 2.70 bits per heavy atom. The van der Waals surface area contributed by atoms with Gasteiger partial charge in [-0.2, -0.15) is 4.31 Å². The molecular formula is C20H28N4O5S. The summed E-state index contributed by atoms with van der Waals surface area (Å²) >= 11 is 0. The second-order valence-electron chi connectivity index (χ2n) is 7.45. The van der Waals surface area contributed by atoms with Gasteiger partial charge in [-0.15, -0.1) is 0 Å². The Kier molecular flexibility index (Phi) is 7.37. The van der Waals surface area contributed by atoms with E-state index >= 15 is 0 Å². The molecule has 1 aromatic heterocycles. The molecule has 0 aliphatic carbocycles. The minimum Gasteiger partial charge on any atom is -0.395 e. The van der Waals surface area contributed by atoms with Crippen LogP contribution in [0.4, 0.5) is 0 Å². The molecule has 3 rings (SSSR count). The van der Waals surface area contributed by atoms with Gasteiger partial charge in [-0.3, -0.25) is 14.7 Å². The molecule has 0 bridgehead atoms. The number of benzene rings is 1. The Labute approximate surface area is 176 Å². The summed E-state index contributed by atoms with van der Waals surface area (Å²) in [5.41, 5.74) is 0.795. The summed E-state index contributed by atoms with van der Waals surface area (Å²) in [4.78, 5) is 18.3. The van der Waals surface area contributed by atoms with E-state index in [9.17, 15) is 13.2 Å². The normalized spacial score (nSPS) is 17.7. The lowest BCUT2D eigenvalue weighted by Gasteiger charge is -2.21. The van der Waals surface area contributed by atoms with Crippen molar-refractivity contribution < 1.29 is 23.4 Å². The van der Waals surface area contributed by atoms with E-state index in [1.54, 1.807) is 29.4 Å². The molecular weight excluding hydrogens is 408 g/mol. The number of hydrogen-bond acceptors (Lipinski definition) is 7. The van der Waals surface area contributed by atoms with Crippen molar-refractivity contribution in [1.82, 2.24) is 19.5 Å². The number of aliphatic hydroxyl groups excluding tert-OH is 2. The van der Waals surface area contributed by atoms with Gasteiger partial charge in [0.1, 0.15) is 0 Å². The summed E-state index contributed by atoms with van der Waals surface area (Å²) in [6, 6.07) is 4.88. The number of amides is 1. The number of pyridine rings is 1. The molecule has 3 N–H and O–H groups in total. The number of rotatable bonds is 9. The number of fused-ring (bicyclic) bond motifs is 1. The molecule has 10 heteroatoms. The summed E-state index contributed by atoms with van der Waals surface area (Å²) in [5, 5.41) is 22.4. The van der Waals surface area contributed by atoms with Crippen LogP contribution >= 0.6 is 0 Å². The van der Waals surface area contributed by atoms with Crippen molar-refractivity contribution in [2.75, 3.05) is 45.9 Å². The Balaban J connectivity index is 1.70. The lowest BCUT2D eigenvalue weighted by molar-refractivity contribution is -0.123. The van der Waals surface area contributed by atoms with E-state index in [2.05, 4.69) is 10.3 Å². The quantitative estimate of drug-likeness (QED) is 0.494. The van der Waals surface area contributed by atoms with Crippen LogP contribution in [0.2, 0.25) is 0 Å². The fourth-order valence-electron chi connectivity index (χ4n) is 3.82. The topological polar surface area (TPSA) is 123 Å². The molecule has 1 saturated heterocycles. The molecule has 2 heterocycles. The maximum Gasteiger partial charge on any atom is 0.243 e. The number of nitrogens with one attached hydrogen (secondary N) is 1. The second kappa shape index (κ2) is 9.80. The van der Waals surface area contributed by atoms with E-state index in [0.29, 0.717) is 18.4 Å². The van der Waals surface area contributed by atoms with Gasteiger partial charge in [-0.1, -0.05) is 12.1 Å². The second-order valence-corrected chi connectivity index (χ2v) is 9.36. The summed E-state index contributed by atoms with van der Waals surface area (Å²) in [5.74, 6) is -0.256. The highest BCUT2D eigenvalue weighted by molar-refractivity contribution is 7.89. The predicted octanol–water partition coefficient (Wildman–Crippen LogP) is -0.291. The first kappa shape index (κ1) is 22.6. The average Bonchev–Trinajstić information content (AvgIpc) is 3.17. The van der Waals surface area contributed by atoms with E-state index in [1.807, 2.05) is 13.0 Å². The number of nitrogens with zero attached hydrogens (tertiary/aromatic N) is 3. The van der Waals surface area contributed by atoms with Gasteiger partial charge in [-0.25, -0.2) is 8.42 Å². The Bertz CT molecular complexity index is 987. The molecule has 30 heavy (non-hydrogen) atoms. The van der Waals surface area contributed by atoms with Crippen LogP contribution in [-0.4, -0.2) is 90.7 Å². The Hall–Kier alpha value is -2.11. The summed E-state index contributed by atoms with van der Waals surface area (Å²) in [6.07, 6.45) is 3.83. The fraction of sp³-hybridized carbons (Fsp3) is 0.500. The number of hydrogen-bond donors (Lipinski definition) is 3. The highest BCUT2D eigenvalue weighted by atomic mass is 32.2. The third-order valence-electron chi connectivity index (χ3n) is 5.27. The van der Waals surface area contributed by atoms with Crippen molar-refractivity contribution in [3.8, 4) is 0 Å². The molecule has 1 amide bonds. The summed E-state index contributed by atoms with van der Waals surface area (Å²) in [6.45, 7) is 2.76. The van der Waals surface area contributed by atoms with Gasteiger partial charge in [0.15, 0.2) is 0 Å². The van der Waals surface area contributed by atoms with Gasteiger partial charge in [0.2, 0.25) is 15.9 Å². The summed E-state index contributed by atoms with van der Waals surface area (Å²) < 4.78 is 28.0. The molecule has 0 saturated carbocycles. The van der Waals surface area contributed by atoms with Gasteiger partial charge >= 0.3 is 0 Å². The van der Waals surface area contributed by atoms with E-state index in [1.165, 1.54) is 4.31 Å². The van der Waals surface area contributed by atoms with Crippen LogP contribution in [0.5, 0.6) is 0 Å². The smallest absolute Gasteiger partial charge is 0.243 e. The van der Waals surface area contributed by atoms with Gasteiger partial charge in [0, 0.05) is 55.4 Å². The molecule has 9 nitrogen and oxygen atoms in total. The van der Waals surface area contributed by atoms with Crippen LogP contribution in [0.25, 0.3) is 10.8 Å². The third kappa shape index (κ3) is 4.96. The van der Waals surface area contributed by atoms with Crippen molar-refractivity contribution in [3.05, 3.63) is 36.2 Å². The largest absolute Gasteiger partial charge is 0.395 e. The maximum atomic E-state index is 13.3. The van der Waals surface area contributed by atoms with E-state index in [-0.39, 0.29) is 56.2 Å². The highest BCUT2D eigenvalue weighted by Crippen LogP contribution is 2.29. The van der Waals surface area contributed by atoms with Crippen LogP contribution in [0.3, 0.4) is 0 Å². The molecule has 1 fully saturated rings. The van der Waals surface area contributed by atoms with Crippen molar-refractivity contribution >= 4 is 26.7 Å². The summed E-state index contributed by atoms with van der Waals surface area (Å²) in [7, 11) is -3.72. The standard InChI is InChI=1S/C20H28N4O5S/c1-15-11-21-12-16-3-2-4-18(20(15)16)30(28,29)24-6-5-17(13-24)22-19(27)14-23(7-9-25)8-10-26/h2-4,11-12,17,25-26H,5-10,13-14H2,1H3,(H,22,27)/t17-/m1/s1. The zero-order chi connectivity index (χ0) is 21.7. The molecule has 0 spiro atoms. The zero-order valence-electron chi connectivity index (χ0n) is 17.0. The van der Waals surface area contributed by atoms with Crippen LogP contribution in [0, 0.1) is 6.92 Å². The van der Waals surface area contributed by atoms with Gasteiger partial charge in [0.05, 0.1) is 24.7 Å².